The van der Waals surface area contributed by atoms with Crippen molar-refractivity contribution in [3.63, 3.8) is 0 Å². The highest BCUT2D eigenvalue weighted by molar-refractivity contribution is 5.88. The first kappa shape index (κ1) is 11.5. The van der Waals surface area contributed by atoms with Crippen LogP contribution >= 0.6 is 0 Å². The van der Waals surface area contributed by atoms with E-state index in [4.69, 9.17) is 9.47 Å². The lowest BCUT2D eigenvalue weighted by molar-refractivity contribution is -0.215. The van der Waals surface area contributed by atoms with Crippen molar-refractivity contribution < 1.29 is 9.47 Å². The maximum atomic E-state index is 6.29. The van der Waals surface area contributed by atoms with Crippen LogP contribution in [0.5, 0.6) is 5.75 Å². The summed E-state index contributed by atoms with van der Waals surface area (Å²) in [7, 11) is 0. The number of hydrogen-bond donors (Lipinski definition) is 0. The fraction of sp³-hybridized carbons (Fsp3) is 0.375. The standard InChI is InChI=1S/C16H18O2/c1-3-16(11-17-12(16)2)18-15-10-6-8-13-7-4-5-9-14(13)15/h4-10,12H,3,11H2,1-2H3. The normalized spacial score (nSPS) is 26.9. The van der Waals surface area contributed by atoms with Crippen molar-refractivity contribution in [2.45, 2.75) is 32.0 Å². The highest BCUT2D eigenvalue weighted by Crippen LogP contribution is 2.36. The molecule has 94 valence electrons. The van der Waals surface area contributed by atoms with Gasteiger partial charge in [-0.05, 0) is 24.8 Å². The molecule has 1 saturated heterocycles. The zero-order valence-corrected chi connectivity index (χ0v) is 10.8. The van der Waals surface area contributed by atoms with Crippen molar-refractivity contribution in [2.75, 3.05) is 6.61 Å². The Labute approximate surface area is 108 Å². The van der Waals surface area contributed by atoms with Crippen LogP contribution in [0.3, 0.4) is 0 Å². The van der Waals surface area contributed by atoms with E-state index in [0.717, 1.165) is 12.2 Å². The molecule has 1 aliphatic heterocycles. The van der Waals surface area contributed by atoms with E-state index in [9.17, 15) is 0 Å². The smallest absolute Gasteiger partial charge is 0.158 e. The monoisotopic (exact) mass is 242 g/mol. The summed E-state index contributed by atoms with van der Waals surface area (Å²) < 4.78 is 11.8. The van der Waals surface area contributed by atoms with E-state index in [2.05, 4.69) is 44.2 Å². The minimum atomic E-state index is -0.149. The predicted octanol–water partition coefficient (Wildman–Crippen LogP) is 3.79. The lowest BCUT2D eigenvalue weighted by Gasteiger charge is -2.46. The van der Waals surface area contributed by atoms with E-state index in [-0.39, 0.29) is 11.7 Å². The quantitative estimate of drug-likeness (QED) is 0.815. The average molecular weight is 242 g/mol. The lowest BCUT2D eigenvalue weighted by atomic mass is 9.90. The fourth-order valence-corrected chi connectivity index (χ4v) is 2.51. The summed E-state index contributed by atoms with van der Waals surface area (Å²) in [6.45, 7) is 4.93. The molecule has 2 aromatic rings. The summed E-state index contributed by atoms with van der Waals surface area (Å²) in [5.74, 6) is 0.963. The van der Waals surface area contributed by atoms with E-state index in [1.165, 1.54) is 10.8 Å². The summed E-state index contributed by atoms with van der Waals surface area (Å²) in [6.07, 6.45) is 1.14. The van der Waals surface area contributed by atoms with E-state index in [1.54, 1.807) is 0 Å². The minimum Gasteiger partial charge on any atom is -0.482 e. The van der Waals surface area contributed by atoms with Gasteiger partial charge in [-0.25, -0.2) is 0 Å². The summed E-state index contributed by atoms with van der Waals surface area (Å²) in [5.41, 5.74) is -0.149. The number of ether oxygens (including phenoxy) is 2. The van der Waals surface area contributed by atoms with Gasteiger partial charge in [0.05, 0.1) is 12.7 Å². The summed E-state index contributed by atoms with van der Waals surface area (Å²) in [5, 5.41) is 2.39. The molecule has 0 aromatic heterocycles. The first-order chi connectivity index (χ1) is 8.75. The Morgan fingerprint density at radius 3 is 2.67 bits per heavy atom. The van der Waals surface area contributed by atoms with Crippen molar-refractivity contribution in [2.24, 2.45) is 0 Å². The van der Waals surface area contributed by atoms with Crippen LogP contribution in [0.1, 0.15) is 20.3 Å². The summed E-state index contributed by atoms with van der Waals surface area (Å²) in [4.78, 5) is 0. The minimum absolute atomic E-state index is 0.149. The van der Waals surface area contributed by atoms with E-state index >= 15 is 0 Å². The first-order valence-electron chi connectivity index (χ1n) is 6.53. The Morgan fingerprint density at radius 1 is 1.22 bits per heavy atom. The first-order valence-corrected chi connectivity index (χ1v) is 6.53. The lowest BCUT2D eigenvalue weighted by Crippen LogP contribution is -2.60. The SMILES string of the molecule is CCC1(Oc2cccc3ccccc23)COC1C. The third-order valence-electron chi connectivity index (χ3n) is 3.98. The van der Waals surface area contributed by atoms with Gasteiger partial charge in [0.25, 0.3) is 0 Å². The van der Waals surface area contributed by atoms with Gasteiger partial charge in [-0.2, -0.15) is 0 Å². The highest BCUT2D eigenvalue weighted by Gasteiger charge is 2.46. The number of benzene rings is 2. The molecule has 0 radical (unpaired) electrons. The van der Waals surface area contributed by atoms with Crippen LogP contribution in [-0.4, -0.2) is 18.3 Å². The Hall–Kier alpha value is -1.54. The molecule has 3 rings (SSSR count). The zero-order chi connectivity index (χ0) is 12.6. The average Bonchev–Trinajstić information content (AvgIpc) is 2.43. The second-order valence-corrected chi connectivity index (χ2v) is 4.95. The third-order valence-corrected chi connectivity index (χ3v) is 3.98. The van der Waals surface area contributed by atoms with Crippen molar-refractivity contribution in [1.82, 2.24) is 0 Å². The van der Waals surface area contributed by atoms with E-state index in [0.29, 0.717) is 6.61 Å². The molecule has 2 atom stereocenters. The molecule has 0 bridgehead atoms. The van der Waals surface area contributed by atoms with Crippen LogP contribution in [-0.2, 0) is 4.74 Å². The van der Waals surface area contributed by atoms with Crippen LogP contribution in [0.4, 0.5) is 0 Å². The molecule has 1 fully saturated rings. The summed E-state index contributed by atoms with van der Waals surface area (Å²) in [6, 6.07) is 14.5. The van der Waals surface area contributed by atoms with Gasteiger partial charge in [0, 0.05) is 5.39 Å². The molecular weight excluding hydrogens is 224 g/mol. The van der Waals surface area contributed by atoms with Crippen LogP contribution < -0.4 is 4.74 Å². The van der Waals surface area contributed by atoms with E-state index in [1.807, 2.05) is 12.1 Å². The van der Waals surface area contributed by atoms with Gasteiger partial charge in [0.1, 0.15) is 5.75 Å². The van der Waals surface area contributed by atoms with Crippen LogP contribution in [0.2, 0.25) is 0 Å². The molecule has 0 spiro atoms. The largest absolute Gasteiger partial charge is 0.482 e. The van der Waals surface area contributed by atoms with E-state index < -0.39 is 0 Å². The molecule has 0 amide bonds. The molecule has 2 unspecified atom stereocenters. The second-order valence-electron chi connectivity index (χ2n) is 4.95. The van der Waals surface area contributed by atoms with Gasteiger partial charge in [0.15, 0.2) is 5.60 Å². The zero-order valence-electron chi connectivity index (χ0n) is 10.8. The van der Waals surface area contributed by atoms with Gasteiger partial charge in [-0.1, -0.05) is 43.3 Å². The van der Waals surface area contributed by atoms with Gasteiger partial charge >= 0.3 is 0 Å². The van der Waals surface area contributed by atoms with Gasteiger partial charge < -0.3 is 9.47 Å². The van der Waals surface area contributed by atoms with Crippen molar-refractivity contribution in [3.8, 4) is 5.75 Å². The maximum Gasteiger partial charge on any atom is 0.158 e. The van der Waals surface area contributed by atoms with Gasteiger partial charge in [-0.15, -0.1) is 0 Å². The maximum absolute atomic E-state index is 6.29. The highest BCUT2D eigenvalue weighted by atomic mass is 16.6. The molecule has 0 saturated carbocycles. The number of fused-ring (bicyclic) bond motifs is 1. The van der Waals surface area contributed by atoms with Crippen molar-refractivity contribution >= 4 is 10.8 Å². The van der Waals surface area contributed by atoms with Crippen molar-refractivity contribution in [1.29, 1.82) is 0 Å². The van der Waals surface area contributed by atoms with Crippen LogP contribution in [0.25, 0.3) is 10.8 Å². The molecule has 1 heterocycles. The Bertz CT molecular complexity index is 555. The Morgan fingerprint density at radius 2 is 2.00 bits per heavy atom. The van der Waals surface area contributed by atoms with Gasteiger partial charge in [-0.3, -0.25) is 0 Å². The second kappa shape index (κ2) is 4.29. The molecule has 0 aliphatic carbocycles. The molecule has 0 N–H and O–H groups in total. The van der Waals surface area contributed by atoms with Gasteiger partial charge in [0.2, 0.25) is 0 Å². The topological polar surface area (TPSA) is 18.5 Å². The van der Waals surface area contributed by atoms with Crippen molar-refractivity contribution in [3.05, 3.63) is 42.5 Å². The molecular formula is C16H18O2. The fourth-order valence-electron chi connectivity index (χ4n) is 2.51. The molecule has 2 heteroatoms. The third kappa shape index (κ3) is 1.68. The van der Waals surface area contributed by atoms with Crippen LogP contribution in [0, 0.1) is 0 Å². The summed E-state index contributed by atoms with van der Waals surface area (Å²) >= 11 is 0. The molecule has 2 aromatic carbocycles. The number of rotatable bonds is 3. The molecule has 1 aliphatic rings. The predicted molar refractivity (Wildman–Crippen MR) is 73.0 cm³/mol. The molecule has 18 heavy (non-hydrogen) atoms. The number of hydrogen-bond acceptors (Lipinski definition) is 2. The van der Waals surface area contributed by atoms with Crippen LogP contribution in [0.15, 0.2) is 42.5 Å². The molecule has 2 nitrogen and oxygen atoms in total. The Balaban J connectivity index is 2.00. The Kier molecular flexibility index (Phi) is 2.75.